The Morgan fingerprint density at radius 3 is 2.33 bits per heavy atom. The molecule has 2 aromatic heterocycles. The van der Waals surface area contributed by atoms with E-state index in [-0.39, 0.29) is 5.91 Å². The van der Waals surface area contributed by atoms with Gasteiger partial charge in [0.15, 0.2) is 0 Å². The van der Waals surface area contributed by atoms with Gasteiger partial charge in [-0.3, -0.25) is 4.79 Å². The number of amides is 1. The van der Waals surface area contributed by atoms with Crippen molar-refractivity contribution in [3.8, 4) is 5.69 Å². The Balaban J connectivity index is 1.24. The van der Waals surface area contributed by atoms with Gasteiger partial charge in [0, 0.05) is 50.7 Å². The Labute approximate surface area is 193 Å². The van der Waals surface area contributed by atoms with E-state index < -0.39 is 0 Å². The standard InChI is InChI=1S/C26H28N6O/c1-20-25(21(2)32(28-20)24-6-4-3-5-7-24)30-14-16-31(17-15-30)26(33)23-10-8-22(9-11-23)18-29-13-12-27-19-29/h3-13,19H,14-18H2,1-2H3. The van der Waals surface area contributed by atoms with Crippen LogP contribution in [0.1, 0.15) is 27.3 Å². The van der Waals surface area contributed by atoms with Crippen molar-refractivity contribution in [3.05, 3.63) is 95.8 Å². The molecule has 0 atom stereocenters. The van der Waals surface area contributed by atoms with E-state index in [0.29, 0.717) is 13.1 Å². The number of benzene rings is 2. The smallest absolute Gasteiger partial charge is 0.253 e. The molecule has 2 aromatic carbocycles. The van der Waals surface area contributed by atoms with Gasteiger partial charge in [-0.1, -0.05) is 30.3 Å². The lowest BCUT2D eigenvalue weighted by atomic mass is 10.1. The molecule has 1 fully saturated rings. The minimum atomic E-state index is 0.0947. The Bertz CT molecular complexity index is 1220. The van der Waals surface area contributed by atoms with Crippen molar-refractivity contribution in [3.63, 3.8) is 0 Å². The van der Waals surface area contributed by atoms with Crippen LogP contribution in [0.3, 0.4) is 0 Å². The van der Waals surface area contributed by atoms with Gasteiger partial charge in [0.05, 0.1) is 29.1 Å². The Kier molecular flexibility index (Phi) is 5.69. The third-order valence-corrected chi connectivity index (χ3v) is 6.26. The predicted molar refractivity (Wildman–Crippen MR) is 129 cm³/mol. The van der Waals surface area contributed by atoms with Crippen LogP contribution in [-0.4, -0.2) is 56.3 Å². The summed E-state index contributed by atoms with van der Waals surface area (Å²) in [6, 6.07) is 18.1. The molecule has 168 valence electrons. The Morgan fingerprint density at radius 2 is 1.67 bits per heavy atom. The number of aromatic nitrogens is 4. The molecule has 1 aliphatic rings. The fraction of sp³-hybridized carbons (Fsp3) is 0.269. The van der Waals surface area contributed by atoms with Gasteiger partial charge in [-0.2, -0.15) is 5.10 Å². The second kappa shape index (κ2) is 8.94. The highest BCUT2D eigenvalue weighted by atomic mass is 16.2. The zero-order chi connectivity index (χ0) is 22.8. The first kappa shape index (κ1) is 21.0. The van der Waals surface area contributed by atoms with E-state index in [1.165, 1.54) is 5.69 Å². The number of hydrogen-bond donors (Lipinski definition) is 0. The van der Waals surface area contributed by atoms with Crippen LogP contribution in [0.25, 0.3) is 5.69 Å². The molecule has 7 heteroatoms. The molecule has 0 saturated carbocycles. The maximum absolute atomic E-state index is 13.1. The summed E-state index contributed by atoms with van der Waals surface area (Å²) in [5, 5.41) is 4.78. The number of rotatable bonds is 5. The summed E-state index contributed by atoms with van der Waals surface area (Å²) < 4.78 is 4.02. The summed E-state index contributed by atoms with van der Waals surface area (Å²) in [5.41, 5.74) is 6.28. The number of imidazole rings is 1. The number of carbonyl (C=O) groups is 1. The summed E-state index contributed by atoms with van der Waals surface area (Å²) in [4.78, 5) is 21.5. The van der Waals surface area contributed by atoms with Crippen LogP contribution in [0.5, 0.6) is 0 Å². The lowest BCUT2D eigenvalue weighted by molar-refractivity contribution is 0.0746. The van der Waals surface area contributed by atoms with Crippen LogP contribution in [0.2, 0.25) is 0 Å². The molecule has 0 unspecified atom stereocenters. The zero-order valence-electron chi connectivity index (χ0n) is 19.1. The maximum atomic E-state index is 13.1. The molecule has 1 amide bonds. The molecule has 5 rings (SSSR count). The first-order valence-electron chi connectivity index (χ1n) is 11.3. The number of hydrogen-bond acceptors (Lipinski definition) is 4. The van der Waals surface area contributed by atoms with Gasteiger partial charge >= 0.3 is 0 Å². The second-order valence-corrected chi connectivity index (χ2v) is 8.48. The first-order chi connectivity index (χ1) is 16.1. The van der Waals surface area contributed by atoms with Gasteiger partial charge in [-0.05, 0) is 43.7 Å². The molecule has 3 heterocycles. The van der Waals surface area contributed by atoms with Crippen LogP contribution < -0.4 is 4.90 Å². The van der Waals surface area contributed by atoms with Gasteiger partial charge < -0.3 is 14.4 Å². The van der Waals surface area contributed by atoms with E-state index in [1.54, 1.807) is 12.5 Å². The predicted octanol–water partition coefficient (Wildman–Crippen LogP) is 3.70. The van der Waals surface area contributed by atoms with Crippen LogP contribution in [0.15, 0.2) is 73.3 Å². The van der Waals surface area contributed by atoms with E-state index >= 15 is 0 Å². The van der Waals surface area contributed by atoms with Gasteiger partial charge in [0.1, 0.15) is 0 Å². The average molecular weight is 441 g/mol. The number of anilines is 1. The fourth-order valence-electron chi connectivity index (χ4n) is 4.57. The highest BCUT2D eigenvalue weighted by Crippen LogP contribution is 2.28. The number of carbonyl (C=O) groups excluding carboxylic acids is 1. The summed E-state index contributed by atoms with van der Waals surface area (Å²) in [6.45, 7) is 7.92. The molecular formula is C26H28N6O. The van der Waals surface area contributed by atoms with E-state index in [1.807, 2.05) is 62.8 Å². The van der Waals surface area contributed by atoms with E-state index in [4.69, 9.17) is 5.10 Å². The van der Waals surface area contributed by atoms with E-state index in [2.05, 4.69) is 35.9 Å². The molecule has 7 nitrogen and oxygen atoms in total. The van der Waals surface area contributed by atoms with Crippen molar-refractivity contribution >= 4 is 11.6 Å². The van der Waals surface area contributed by atoms with Gasteiger partial charge in [-0.15, -0.1) is 0 Å². The summed E-state index contributed by atoms with van der Waals surface area (Å²) >= 11 is 0. The normalized spacial score (nSPS) is 14.0. The Hall–Kier alpha value is -3.87. The highest BCUT2D eigenvalue weighted by molar-refractivity contribution is 5.94. The Morgan fingerprint density at radius 1 is 0.939 bits per heavy atom. The lowest BCUT2D eigenvalue weighted by Gasteiger charge is -2.36. The van der Waals surface area contributed by atoms with E-state index in [0.717, 1.165) is 47.8 Å². The topological polar surface area (TPSA) is 59.2 Å². The molecule has 0 radical (unpaired) electrons. The van der Waals surface area contributed by atoms with Gasteiger partial charge in [-0.25, -0.2) is 9.67 Å². The molecule has 0 N–H and O–H groups in total. The number of piperazine rings is 1. The number of nitrogens with zero attached hydrogens (tertiary/aromatic N) is 6. The fourth-order valence-corrected chi connectivity index (χ4v) is 4.57. The largest absolute Gasteiger partial charge is 0.365 e. The first-order valence-corrected chi connectivity index (χ1v) is 11.3. The minimum absolute atomic E-state index is 0.0947. The van der Waals surface area contributed by atoms with Crippen molar-refractivity contribution in [2.45, 2.75) is 20.4 Å². The van der Waals surface area contributed by atoms with Gasteiger partial charge in [0.2, 0.25) is 0 Å². The quantitative estimate of drug-likeness (QED) is 0.475. The zero-order valence-corrected chi connectivity index (χ0v) is 19.1. The summed E-state index contributed by atoms with van der Waals surface area (Å²) in [7, 11) is 0. The number of para-hydroxylation sites is 1. The van der Waals surface area contributed by atoms with Crippen molar-refractivity contribution < 1.29 is 4.79 Å². The maximum Gasteiger partial charge on any atom is 0.253 e. The van der Waals surface area contributed by atoms with Gasteiger partial charge in [0.25, 0.3) is 5.91 Å². The summed E-state index contributed by atoms with van der Waals surface area (Å²) in [6.07, 6.45) is 5.50. The molecule has 1 saturated heterocycles. The average Bonchev–Trinajstić information content (AvgIpc) is 3.47. The van der Waals surface area contributed by atoms with Crippen molar-refractivity contribution in [1.29, 1.82) is 0 Å². The van der Waals surface area contributed by atoms with Crippen LogP contribution in [-0.2, 0) is 6.54 Å². The SMILES string of the molecule is Cc1nn(-c2ccccc2)c(C)c1N1CCN(C(=O)c2ccc(Cn3ccnc3)cc2)CC1. The molecule has 33 heavy (non-hydrogen) atoms. The summed E-state index contributed by atoms with van der Waals surface area (Å²) in [5.74, 6) is 0.0947. The molecule has 0 spiro atoms. The third kappa shape index (κ3) is 4.26. The molecular weight excluding hydrogens is 412 g/mol. The molecule has 0 bridgehead atoms. The van der Waals surface area contributed by atoms with Crippen LogP contribution in [0, 0.1) is 13.8 Å². The van der Waals surface area contributed by atoms with Crippen molar-refractivity contribution in [2.24, 2.45) is 0 Å². The van der Waals surface area contributed by atoms with Crippen LogP contribution >= 0.6 is 0 Å². The van der Waals surface area contributed by atoms with E-state index in [9.17, 15) is 4.79 Å². The second-order valence-electron chi connectivity index (χ2n) is 8.48. The highest BCUT2D eigenvalue weighted by Gasteiger charge is 2.26. The lowest BCUT2D eigenvalue weighted by Crippen LogP contribution is -2.49. The van der Waals surface area contributed by atoms with Crippen molar-refractivity contribution in [1.82, 2.24) is 24.2 Å². The monoisotopic (exact) mass is 440 g/mol. The molecule has 1 aliphatic heterocycles. The minimum Gasteiger partial charge on any atom is -0.365 e. The number of aryl methyl sites for hydroxylation is 1. The molecule has 0 aliphatic carbocycles. The third-order valence-electron chi connectivity index (χ3n) is 6.26. The van der Waals surface area contributed by atoms with Crippen molar-refractivity contribution in [2.75, 3.05) is 31.1 Å². The molecule has 4 aromatic rings. The van der Waals surface area contributed by atoms with Crippen LogP contribution in [0.4, 0.5) is 5.69 Å².